The Morgan fingerprint density at radius 3 is 1.68 bits per heavy atom. The standard InChI is InChI=1S/C24H27O3P/c1-14-9-7-11-20(16(14)3)22-13-23(28(25,26)27)18(5)19(6)24(22)21-12-8-10-15(2)17(21)4/h7-13H,1-6H3,(H2,25,26,27). The van der Waals surface area contributed by atoms with Crippen LogP contribution in [0.25, 0.3) is 22.3 Å². The minimum atomic E-state index is -4.39. The zero-order valence-electron chi connectivity index (χ0n) is 17.3. The molecule has 0 saturated carbocycles. The van der Waals surface area contributed by atoms with Crippen LogP contribution in [0.3, 0.4) is 0 Å². The maximum absolute atomic E-state index is 12.2. The molecule has 0 aliphatic rings. The summed E-state index contributed by atoms with van der Waals surface area (Å²) in [6.07, 6.45) is 0. The van der Waals surface area contributed by atoms with Gasteiger partial charge in [0.1, 0.15) is 0 Å². The van der Waals surface area contributed by atoms with Crippen LogP contribution in [0.1, 0.15) is 33.4 Å². The van der Waals surface area contributed by atoms with Gasteiger partial charge in [0, 0.05) is 0 Å². The Hall–Kier alpha value is -2.19. The number of aryl methyl sites for hydroxylation is 2. The first-order valence-corrected chi connectivity index (χ1v) is 11.0. The molecule has 0 bridgehead atoms. The largest absolute Gasteiger partial charge is 0.356 e. The van der Waals surface area contributed by atoms with Gasteiger partial charge in [0.25, 0.3) is 0 Å². The molecule has 146 valence electrons. The Balaban J connectivity index is 2.52. The van der Waals surface area contributed by atoms with Gasteiger partial charge < -0.3 is 9.79 Å². The average Bonchev–Trinajstić information content (AvgIpc) is 2.61. The van der Waals surface area contributed by atoms with Crippen LogP contribution in [0.2, 0.25) is 0 Å². The monoisotopic (exact) mass is 394 g/mol. The third kappa shape index (κ3) is 3.46. The van der Waals surface area contributed by atoms with Crippen molar-refractivity contribution in [2.24, 2.45) is 0 Å². The van der Waals surface area contributed by atoms with Crippen LogP contribution in [0.5, 0.6) is 0 Å². The van der Waals surface area contributed by atoms with Crippen LogP contribution in [-0.2, 0) is 4.57 Å². The van der Waals surface area contributed by atoms with E-state index in [1.54, 1.807) is 13.0 Å². The lowest BCUT2D eigenvalue weighted by molar-refractivity contribution is 0.387. The number of rotatable bonds is 3. The molecule has 0 aliphatic heterocycles. The quantitative estimate of drug-likeness (QED) is 0.563. The van der Waals surface area contributed by atoms with Gasteiger partial charge in [-0.2, -0.15) is 0 Å². The van der Waals surface area contributed by atoms with E-state index in [0.29, 0.717) is 5.56 Å². The summed E-state index contributed by atoms with van der Waals surface area (Å²) in [4.78, 5) is 19.9. The molecule has 0 radical (unpaired) electrons. The highest BCUT2D eigenvalue weighted by molar-refractivity contribution is 7.60. The molecule has 4 heteroatoms. The van der Waals surface area contributed by atoms with Gasteiger partial charge in [0.15, 0.2) is 0 Å². The van der Waals surface area contributed by atoms with E-state index in [4.69, 9.17) is 0 Å². The van der Waals surface area contributed by atoms with E-state index < -0.39 is 7.60 Å². The van der Waals surface area contributed by atoms with Crippen LogP contribution in [0, 0.1) is 41.5 Å². The summed E-state index contributed by atoms with van der Waals surface area (Å²) < 4.78 is 12.2. The molecule has 0 aromatic heterocycles. The summed E-state index contributed by atoms with van der Waals surface area (Å²) in [6.45, 7) is 12.1. The molecule has 0 fully saturated rings. The van der Waals surface area contributed by atoms with E-state index in [1.165, 1.54) is 11.1 Å². The van der Waals surface area contributed by atoms with Crippen LogP contribution in [-0.4, -0.2) is 9.79 Å². The normalized spacial score (nSPS) is 11.7. The highest BCUT2D eigenvalue weighted by Crippen LogP contribution is 2.44. The van der Waals surface area contributed by atoms with E-state index in [2.05, 4.69) is 45.9 Å². The second-order valence-electron chi connectivity index (χ2n) is 7.61. The van der Waals surface area contributed by atoms with Crippen LogP contribution in [0.4, 0.5) is 0 Å². The molecule has 3 aromatic rings. The first-order chi connectivity index (χ1) is 13.0. The SMILES string of the molecule is Cc1cccc(-c2cc(P(=O)(O)O)c(C)c(C)c2-c2cccc(C)c2C)c1C. The Labute approximate surface area is 167 Å². The molecule has 0 aliphatic carbocycles. The zero-order valence-corrected chi connectivity index (χ0v) is 18.2. The smallest absolute Gasteiger partial charge is 0.321 e. The number of hydrogen-bond acceptors (Lipinski definition) is 1. The average molecular weight is 394 g/mol. The topological polar surface area (TPSA) is 57.5 Å². The third-order valence-electron chi connectivity index (χ3n) is 5.95. The van der Waals surface area contributed by atoms with Crippen molar-refractivity contribution < 1.29 is 14.4 Å². The first kappa shape index (κ1) is 20.5. The Kier molecular flexibility index (Phi) is 5.38. The molecule has 3 aromatic carbocycles. The van der Waals surface area contributed by atoms with Gasteiger partial charge in [0.05, 0.1) is 5.30 Å². The lowest BCUT2D eigenvalue weighted by Gasteiger charge is -2.23. The minimum absolute atomic E-state index is 0.106. The third-order valence-corrected chi connectivity index (χ3v) is 7.05. The van der Waals surface area contributed by atoms with E-state index >= 15 is 0 Å². The van der Waals surface area contributed by atoms with Gasteiger partial charge in [-0.25, -0.2) is 0 Å². The predicted molar refractivity (Wildman–Crippen MR) is 117 cm³/mol. The van der Waals surface area contributed by atoms with Gasteiger partial charge in [-0.1, -0.05) is 36.4 Å². The summed E-state index contributed by atoms with van der Waals surface area (Å²) >= 11 is 0. The van der Waals surface area contributed by atoms with Crippen molar-refractivity contribution in [1.82, 2.24) is 0 Å². The van der Waals surface area contributed by atoms with Crippen molar-refractivity contribution in [3.05, 3.63) is 75.8 Å². The lowest BCUT2D eigenvalue weighted by Crippen LogP contribution is -2.13. The number of hydrogen-bond donors (Lipinski definition) is 2. The van der Waals surface area contributed by atoms with Crippen molar-refractivity contribution in [2.75, 3.05) is 0 Å². The van der Waals surface area contributed by atoms with Gasteiger partial charge in [-0.05, 0) is 103 Å². The fraction of sp³-hybridized carbons (Fsp3) is 0.250. The molecule has 3 rings (SSSR count). The zero-order chi connectivity index (χ0) is 20.8. The molecule has 3 nitrogen and oxygen atoms in total. The van der Waals surface area contributed by atoms with Crippen molar-refractivity contribution >= 4 is 12.9 Å². The molecular formula is C24H27O3P. The molecular weight excluding hydrogens is 367 g/mol. The maximum atomic E-state index is 12.2. The highest BCUT2D eigenvalue weighted by atomic mass is 31.2. The van der Waals surface area contributed by atoms with Crippen molar-refractivity contribution in [3.8, 4) is 22.3 Å². The van der Waals surface area contributed by atoms with Crippen LogP contribution < -0.4 is 5.30 Å². The summed E-state index contributed by atoms with van der Waals surface area (Å²) in [6, 6.07) is 14.0. The van der Waals surface area contributed by atoms with Crippen molar-refractivity contribution in [2.45, 2.75) is 41.5 Å². The summed E-state index contributed by atoms with van der Waals surface area (Å²) in [5, 5.41) is 0.106. The fourth-order valence-corrected chi connectivity index (χ4v) is 4.73. The first-order valence-electron chi connectivity index (χ1n) is 9.37. The second-order valence-corrected chi connectivity index (χ2v) is 9.18. The van der Waals surface area contributed by atoms with E-state index in [1.807, 2.05) is 25.1 Å². The fourth-order valence-electron chi connectivity index (χ4n) is 3.83. The number of benzene rings is 3. The highest BCUT2D eigenvalue weighted by Gasteiger charge is 2.26. The molecule has 0 heterocycles. The molecule has 28 heavy (non-hydrogen) atoms. The van der Waals surface area contributed by atoms with Gasteiger partial charge in [-0.3, -0.25) is 4.57 Å². The summed E-state index contributed by atoms with van der Waals surface area (Å²) in [5.41, 5.74) is 10.2. The molecule has 0 atom stereocenters. The van der Waals surface area contributed by atoms with Gasteiger partial charge in [-0.15, -0.1) is 0 Å². The van der Waals surface area contributed by atoms with E-state index in [-0.39, 0.29) is 5.30 Å². The molecule has 0 unspecified atom stereocenters. The molecule has 2 N–H and O–H groups in total. The minimum Gasteiger partial charge on any atom is -0.321 e. The maximum Gasteiger partial charge on any atom is 0.356 e. The Morgan fingerprint density at radius 2 is 1.14 bits per heavy atom. The Bertz CT molecular complexity index is 1120. The van der Waals surface area contributed by atoms with Crippen LogP contribution >= 0.6 is 7.60 Å². The van der Waals surface area contributed by atoms with E-state index in [0.717, 1.165) is 38.9 Å². The van der Waals surface area contributed by atoms with Crippen molar-refractivity contribution in [1.29, 1.82) is 0 Å². The van der Waals surface area contributed by atoms with Gasteiger partial charge >= 0.3 is 7.60 Å². The summed E-state index contributed by atoms with van der Waals surface area (Å²) in [5.74, 6) is 0. The molecule has 0 saturated heterocycles. The second kappa shape index (κ2) is 7.33. The van der Waals surface area contributed by atoms with E-state index in [9.17, 15) is 14.4 Å². The van der Waals surface area contributed by atoms with Crippen LogP contribution in [0.15, 0.2) is 42.5 Å². The molecule has 0 spiro atoms. The van der Waals surface area contributed by atoms with Crippen molar-refractivity contribution in [3.63, 3.8) is 0 Å². The molecule has 0 amide bonds. The lowest BCUT2D eigenvalue weighted by atomic mass is 9.84. The Morgan fingerprint density at radius 1 is 0.643 bits per heavy atom. The van der Waals surface area contributed by atoms with Gasteiger partial charge in [0.2, 0.25) is 0 Å². The summed E-state index contributed by atoms with van der Waals surface area (Å²) in [7, 11) is -4.39. The predicted octanol–water partition coefficient (Wildman–Crippen LogP) is 5.67.